The summed E-state index contributed by atoms with van der Waals surface area (Å²) in [5, 5.41) is 3.40. The Bertz CT molecular complexity index is 364. The maximum absolute atomic E-state index is 11.8. The van der Waals surface area contributed by atoms with Gasteiger partial charge >= 0.3 is 0 Å². The zero-order chi connectivity index (χ0) is 13.5. The van der Waals surface area contributed by atoms with Gasteiger partial charge in [-0.3, -0.25) is 4.79 Å². The molecule has 2 atom stereocenters. The van der Waals surface area contributed by atoms with Crippen LogP contribution in [0.5, 0.6) is 0 Å². The lowest BCUT2D eigenvalue weighted by Gasteiger charge is -2.18. The number of amides is 1. The first kappa shape index (κ1) is 15.1. The lowest BCUT2D eigenvalue weighted by molar-refractivity contribution is 0.255. The van der Waals surface area contributed by atoms with Crippen LogP contribution in [0.1, 0.15) is 33.3 Å². The predicted molar refractivity (Wildman–Crippen MR) is 80.0 cm³/mol. The molecular weight excluding hydrogens is 242 g/mol. The van der Waals surface area contributed by atoms with E-state index >= 15 is 0 Å². The molecule has 1 N–H and O–H groups in total. The second-order valence-corrected chi connectivity index (χ2v) is 6.49. The first-order valence-corrected chi connectivity index (χ1v) is 7.38. The summed E-state index contributed by atoms with van der Waals surface area (Å²) in [7, 11) is 0. The van der Waals surface area contributed by atoms with Crippen LogP contribution in [0.4, 0.5) is 4.79 Å². The molecule has 1 aromatic carbocycles. The maximum Gasteiger partial charge on any atom is 0.279 e. The van der Waals surface area contributed by atoms with Crippen molar-refractivity contribution in [1.82, 2.24) is 5.32 Å². The summed E-state index contributed by atoms with van der Waals surface area (Å²) in [5.74, 6) is 0.471. The number of hydrogen-bond donors (Lipinski definition) is 1. The molecule has 0 saturated heterocycles. The minimum Gasteiger partial charge on any atom is -0.344 e. The van der Waals surface area contributed by atoms with Crippen LogP contribution in [0.3, 0.4) is 0 Å². The van der Waals surface area contributed by atoms with Gasteiger partial charge in [-0.1, -0.05) is 62.9 Å². The Morgan fingerprint density at radius 2 is 1.78 bits per heavy atom. The standard InChI is InChI=1S/C15H23NOS/c1-11(2)13(4)16-15(17)18-12(3)10-14-8-6-5-7-9-14/h5-9,11-13H,10H2,1-4H3,(H,16,17)/t12?,13-/m0/s1. The molecule has 2 nitrogen and oxygen atoms in total. The number of rotatable bonds is 5. The molecule has 0 fully saturated rings. The summed E-state index contributed by atoms with van der Waals surface area (Å²) in [6.07, 6.45) is 0.926. The summed E-state index contributed by atoms with van der Waals surface area (Å²) in [6.45, 7) is 8.37. The van der Waals surface area contributed by atoms with E-state index in [1.807, 2.05) is 25.1 Å². The first-order valence-electron chi connectivity index (χ1n) is 6.50. The summed E-state index contributed by atoms with van der Waals surface area (Å²) >= 11 is 1.39. The quantitative estimate of drug-likeness (QED) is 0.868. The minimum absolute atomic E-state index is 0.0830. The highest BCUT2D eigenvalue weighted by Crippen LogP contribution is 2.17. The highest BCUT2D eigenvalue weighted by atomic mass is 32.2. The van der Waals surface area contributed by atoms with Crippen molar-refractivity contribution in [1.29, 1.82) is 0 Å². The predicted octanol–water partition coefficient (Wildman–Crippen LogP) is 4.10. The molecule has 1 aromatic rings. The fourth-order valence-corrected chi connectivity index (χ4v) is 2.45. The molecule has 0 bridgehead atoms. The maximum atomic E-state index is 11.8. The fourth-order valence-electron chi connectivity index (χ4n) is 1.56. The Labute approximate surface area is 115 Å². The van der Waals surface area contributed by atoms with Crippen molar-refractivity contribution >= 4 is 17.0 Å². The summed E-state index contributed by atoms with van der Waals surface area (Å²) in [6, 6.07) is 10.5. The Morgan fingerprint density at radius 3 is 2.33 bits per heavy atom. The van der Waals surface area contributed by atoms with Crippen molar-refractivity contribution in [2.45, 2.75) is 45.4 Å². The molecular formula is C15H23NOS. The molecule has 0 radical (unpaired) electrons. The highest BCUT2D eigenvalue weighted by Gasteiger charge is 2.14. The highest BCUT2D eigenvalue weighted by molar-refractivity contribution is 8.14. The van der Waals surface area contributed by atoms with Crippen LogP contribution in [0.15, 0.2) is 30.3 Å². The van der Waals surface area contributed by atoms with Gasteiger partial charge in [-0.25, -0.2) is 0 Å². The van der Waals surface area contributed by atoms with Crippen LogP contribution in [0.25, 0.3) is 0 Å². The molecule has 0 heterocycles. The molecule has 0 spiro atoms. The molecule has 0 aliphatic rings. The van der Waals surface area contributed by atoms with Crippen molar-refractivity contribution in [3.63, 3.8) is 0 Å². The first-order chi connectivity index (χ1) is 8.49. The van der Waals surface area contributed by atoms with Crippen LogP contribution in [-0.2, 0) is 6.42 Å². The molecule has 1 amide bonds. The molecule has 100 valence electrons. The van der Waals surface area contributed by atoms with E-state index in [4.69, 9.17) is 0 Å². The molecule has 0 aromatic heterocycles. The summed E-state index contributed by atoms with van der Waals surface area (Å²) in [4.78, 5) is 11.8. The largest absolute Gasteiger partial charge is 0.344 e. The van der Waals surface area contributed by atoms with E-state index in [0.29, 0.717) is 11.2 Å². The fraction of sp³-hybridized carbons (Fsp3) is 0.533. The number of carbonyl (C=O) groups is 1. The van der Waals surface area contributed by atoms with Gasteiger partial charge in [0.2, 0.25) is 0 Å². The number of thioether (sulfide) groups is 1. The normalized spacial score (nSPS) is 14.3. The van der Waals surface area contributed by atoms with Gasteiger partial charge < -0.3 is 5.32 Å². The van der Waals surface area contributed by atoms with Gasteiger partial charge in [0.25, 0.3) is 5.24 Å². The van der Waals surface area contributed by atoms with E-state index in [2.05, 4.69) is 38.2 Å². The molecule has 0 aliphatic carbocycles. The van der Waals surface area contributed by atoms with Gasteiger partial charge in [-0.2, -0.15) is 0 Å². The molecule has 1 rings (SSSR count). The Balaban J connectivity index is 2.36. The van der Waals surface area contributed by atoms with Crippen molar-refractivity contribution in [3.05, 3.63) is 35.9 Å². The second-order valence-electron chi connectivity index (χ2n) is 5.08. The van der Waals surface area contributed by atoms with E-state index in [0.717, 1.165) is 6.42 Å². The molecule has 1 unspecified atom stereocenters. The third-order valence-electron chi connectivity index (χ3n) is 3.02. The molecule has 18 heavy (non-hydrogen) atoms. The zero-order valence-electron chi connectivity index (χ0n) is 11.6. The SMILES string of the molecule is CC(Cc1ccccc1)SC(=O)N[C@@H](C)C(C)C. The topological polar surface area (TPSA) is 29.1 Å². The van der Waals surface area contributed by atoms with Gasteiger partial charge in [-0.05, 0) is 24.8 Å². The average Bonchev–Trinajstić information content (AvgIpc) is 2.29. The Kier molecular flexibility index (Phi) is 6.27. The monoisotopic (exact) mass is 265 g/mol. The van der Waals surface area contributed by atoms with Crippen molar-refractivity contribution < 1.29 is 4.79 Å². The minimum atomic E-state index is 0.0830. The lowest BCUT2D eigenvalue weighted by atomic mass is 10.1. The average molecular weight is 265 g/mol. The van der Waals surface area contributed by atoms with E-state index in [1.165, 1.54) is 17.3 Å². The van der Waals surface area contributed by atoms with Crippen molar-refractivity contribution in [2.75, 3.05) is 0 Å². The summed E-state index contributed by atoms with van der Waals surface area (Å²) in [5.41, 5.74) is 1.28. The number of nitrogens with one attached hydrogen (secondary N) is 1. The van der Waals surface area contributed by atoms with E-state index in [-0.39, 0.29) is 11.3 Å². The van der Waals surface area contributed by atoms with Gasteiger partial charge in [-0.15, -0.1) is 0 Å². The smallest absolute Gasteiger partial charge is 0.279 e. The van der Waals surface area contributed by atoms with Crippen LogP contribution in [0.2, 0.25) is 0 Å². The molecule has 3 heteroatoms. The Morgan fingerprint density at radius 1 is 1.17 bits per heavy atom. The van der Waals surface area contributed by atoms with Gasteiger partial charge in [0.05, 0.1) is 0 Å². The van der Waals surface area contributed by atoms with Crippen molar-refractivity contribution in [2.24, 2.45) is 5.92 Å². The van der Waals surface area contributed by atoms with E-state index < -0.39 is 0 Å². The van der Waals surface area contributed by atoms with E-state index in [1.54, 1.807) is 0 Å². The number of benzene rings is 1. The number of carbonyl (C=O) groups excluding carboxylic acids is 1. The lowest BCUT2D eigenvalue weighted by Crippen LogP contribution is -2.34. The van der Waals surface area contributed by atoms with Gasteiger partial charge in [0.1, 0.15) is 0 Å². The van der Waals surface area contributed by atoms with E-state index in [9.17, 15) is 4.79 Å². The second kappa shape index (κ2) is 7.47. The molecule has 0 saturated carbocycles. The molecule has 0 aliphatic heterocycles. The van der Waals surface area contributed by atoms with Crippen LogP contribution < -0.4 is 5.32 Å². The summed E-state index contributed by atoms with van der Waals surface area (Å²) < 4.78 is 0. The van der Waals surface area contributed by atoms with Crippen molar-refractivity contribution in [3.8, 4) is 0 Å². The van der Waals surface area contributed by atoms with Crippen LogP contribution in [0, 0.1) is 5.92 Å². The van der Waals surface area contributed by atoms with Crippen LogP contribution >= 0.6 is 11.8 Å². The van der Waals surface area contributed by atoms with Gasteiger partial charge in [0.15, 0.2) is 0 Å². The van der Waals surface area contributed by atoms with Gasteiger partial charge in [0, 0.05) is 11.3 Å². The zero-order valence-corrected chi connectivity index (χ0v) is 12.5. The number of hydrogen-bond acceptors (Lipinski definition) is 2. The third-order valence-corrected chi connectivity index (χ3v) is 3.92. The third kappa shape index (κ3) is 5.58. The Hall–Kier alpha value is -0.960. The van der Waals surface area contributed by atoms with Crippen LogP contribution in [-0.4, -0.2) is 16.5 Å².